The Morgan fingerprint density at radius 3 is 2.84 bits per heavy atom. The highest BCUT2D eigenvalue weighted by molar-refractivity contribution is 5.44. The van der Waals surface area contributed by atoms with E-state index in [4.69, 9.17) is 0 Å². The van der Waals surface area contributed by atoms with Gasteiger partial charge in [0.1, 0.15) is 5.82 Å². The first-order valence-electron chi connectivity index (χ1n) is 6.03. The quantitative estimate of drug-likeness (QED) is 0.783. The van der Waals surface area contributed by atoms with Gasteiger partial charge in [-0.2, -0.15) is 4.98 Å². The zero-order valence-electron chi connectivity index (χ0n) is 10.5. The summed E-state index contributed by atoms with van der Waals surface area (Å²) in [6, 6.07) is 12.3. The number of anilines is 1. The molecule has 0 aliphatic carbocycles. The largest absolute Gasteiger partial charge is 0.349 e. The van der Waals surface area contributed by atoms with Crippen LogP contribution in [0.3, 0.4) is 0 Å². The van der Waals surface area contributed by atoms with E-state index >= 15 is 0 Å². The van der Waals surface area contributed by atoms with Gasteiger partial charge in [0, 0.05) is 12.2 Å². The highest BCUT2D eigenvalue weighted by Gasteiger charge is 2.04. The first kappa shape index (κ1) is 11.6. The maximum atomic E-state index is 13.1. The Hall–Kier alpha value is -2.43. The van der Waals surface area contributed by atoms with Crippen LogP contribution in [0.4, 0.5) is 10.3 Å². The molecule has 2 heterocycles. The van der Waals surface area contributed by atoms with Gasteiger partial charge >= 0.3 is 0 Å². The van der Waals surface area contributed by atoms with Crippen LogP contribution < -0.4 is 5.32 Å². The summed E-state index contributed by atoms with van der Waals surface area (Å²) in [6.07, 6.45) is 0. The molecule has 4 nitrogen and oxygen atoms in total. The van der Waals surface area contributed by atoms with Crippen molar-refractivity contribution in [3.05, 3.63) is 59.5 Å². The number of aryl methyl sites for hydroxylation is 1. The van der Waals surface area contributed by atoms with Gasteiger partial charge in [0.2, 0.25) is 5.95 Å². The average Bonchev–Trinajstić information content (AvgIpc) is 2.81. The molecule has 0 unspecified atom stereocenters. The molecule has 0 aliphatic heterocycles. The molecule has 2 aromatic heterocycles. The number of fused-ring (bicyclic) bond motifs is 1. The molecule has 19 heavy (non-hydrogen) atoms. The lowest BCUT2D eigenvalue weighted by Gasteiger charge is -2.01. The summed E-state index contributed by atoms with van der Waals surface area (Å²) in [5.41, 5.74) is 2.67. The summed E-state index contributed by atoms with van der Waals surface area (Å²) < 4.78 is 14.8. The molecule has 0 amide bonds. The topological polar surface area (TPSA) is 42.2 Å². The summed E-state index contributed by atoms with van der Waals surface area (Å²) in [5.74, 6) is 0.302. The molecule has 0 saturated heterocycles. The summed E-state index contributed by atoms with van der Waals surface area (Å²) in [5, 5.41) is 7.45. The Bertz CT molecular complexity index is 720. The zero-order chi connectivity index (χ0) is 13.2. The maximum Gasteiger partial charge on any atom is 0.243 e. The second kappa shape index (κ2) is 4.68. The minimum Gasteiger partial charge on any atom is -0.349 e. The fraction of sp³-hybridized carbons (Fsp3) is 0.143. The Labute approximate surface area is 109 Å². The third-order valence-corrected chi connectivity index (χ3v) is 2.89. The van der Waals surface area contributed by atoms with Crippen LogP contribution >= 0.6 is 0 Å². The second-order valence-electron chi connectivity index (χ2n) is 4.36. The van der Waals surface area contributed by atoms with E-state index in [1.165, 1.54) is 12.1 Å². The Kier molecular flexibility index (Phi) is 2.87. The predicted octanol–water partition coefficient (Wildman–Crippen LogP) is 2.79. The van der Waals surface area contributed by atoms with E-state index in [0.717, 1.165) is 16.9 Å². The molecule has 3 aromatic rings. The smallest absolute Gasteiger partial charge is 0.243 e. The van der Waals surface area contributed by atoms with Gasteiger partial charge in [0.05, 0.1) is 0 Å². The molecule has 3 rings (SSSR count). The molecule has 0 radical (unpaired) electrons. The molecule has 0 atom stereocenters. The molecule has 0 saturated carbocycles. The van der Waals surface area contributed by atoms with Crippen molar-refractivity contribution in [2.75, 3.05) is 5.32 Å². The number of halogens is 1. The number of rotatable bonds is 3. The van der Waals surface area contributed by atoms with E-state index in [9.17, 15) is 4.39 Å². The SMILES string of the molecule is Cc1cccc2nc(NCc3cccc(F)c3)nn12. The van der Waals surface area contributed by atoms with Crippen molar-refractivity contribution in [1.29, 1.82) is 0 Å². The summed E-state index contributed by atoms with van der Waals surface area (Å²) in [6.45, 7) is 2.46. The Balaban J connectivity index is 1.80. The molecule has 0 aliphatic rings. The summed E-state index contributed by atoms with van der Waals surface area (Å²) in [4.78, 5) is 4.36. The molecule has 5 heteroatoms. The number of nitrogens with zero attached hydrogens (tertiary/aromatic N) is 3. The number of hydrogen-bond acceptors (Lipinski definition) is 3. The number of hydrogen-bond donors (Lipinski definition) is 1. The predicted molar refractivity (Wildman–Crippen MR) is 71.5 cm³/mol. The highest BCUT2D eigenvalue weighted by atomic mass is 19.1. The van der Waals surface area contributed by atoms with Crippen LogP contribution in [-0.4, -0.2) is 14.6 Å². The first-order valence-corrected chi connectivity index (χ1v) is 6.03. The van der Waals surface area contributed by atoms with Crippen molar-refractivity contribution in [3.8, 4) is 0 Å². The molecule has 0 fully saturated rings. The number of nitrogens with one attached hydrogen (secondary N) is 1. The van der Waals surface area contributed by atoms with Crippen molar-refractivity contribution < 1.29 is 4.39 Å². The average molecular weight is 256 g/mol. The van der Waals surface area contributed by atoms with E-state index in [1.807, 2.05) is 31.2 Å². The van der Waals surface area contributed by atoms with Gasteiger partial charge in [-0.15, -0.1) is 5.10 Å². The lowest BCUT2D eigenvalue weighted by Crippen LogP contribution is -2.01. The first-order chi connectivity index (χ1) is 9.22. The normalized spacial score (nSPS) is 10.8. The van der Waals surface area contributed by atoms with Crippen molar-refractivity contribution >= 4 is 11.6 Å². The van der Waals surface area contributed by atoms with Crippen molar-refractivity contribution in [3.63, 3.8) is 0 Å². The number of aromatic nitrogens is 3. The van der Waals surface area contributed by atoms with E-state index in [0.29, 0.717) is 12.5 Å². The summed E-state index contributed by atoms with van der Waals surface area (Å²) >= 11 is 0. The van der Waals surface area contributed by atoms with Crippen LogP contribution in [0.5, 0.6) is 0 Å². The van der Waals surface area contributed by atoms with Gasteiger partial charge in [-0.25, -0.2) is 8.91 Å². The second-order valence-corrected chi connectivity index (χ2v) is 4.36. The van der Waals surface area contributed by atoms with Crippen molar-refractivity contribution in [2.45, 2.75) is 13.5 Å². The van der Waals surface area contributed by atoms with E-state index < -0.39 is 0 Å². The summed E-state index contributed by atoms with van der Waals surface area (Å²) in [7, 11) is 0. The van der Waals surface area contributed by atoms with Crippen LogP contribution in [0.2, 0.25) is 0 Å². The van der Waals surface area contributed by atoms with Gasteiger partial charge < -0.3 is 5.32 Å². The van der Waals surface area contributed by atoms with Crippen LogP contribution in [0.15, 0.2) is 42.5 Å². The number of benzene rings is 1. The molecule has 96 valence electrons. The fourth-order valence-electron chi connectivity index (χ4n) is 1.94. The molecule has 1 aromatic carbocycles. The van der Waals surface area contributed by atoms with Crippen LogP contribution in [0.25, 0.3) is 5.65 Å². The van der Waals surface area contributed by atoms with Gasteiger partial charge in [-0.3, -0.25) is 0 Å². The fourth-order valence-corrected chi connectivity index (χ4v) is 1.94. The Morgan fingerprint density at radius 2 is 2.05 bits per heavy atom. The maximum absolute atomic E-state index is 13.1. The standard InChI is InChI=1S/C14H13FN4/c1-10-4-2-7-13-17-14(18-19(10)13)16-9-11-5-3-6-12(15)8-11/h2-8H,9H2,1H3,(H,16,18). The molecular weight excluding hydrogens is 243 g/mol. The minimum atomic E-state index is -0.238. The van der Waals surface area contributed by atoms with E-state index in [2.05, 4.69) is 15.4 Å². The van der Waals surface area contributed by atoms with Crippen molar-refractivity contribution in [1.82, 2.24) is 14.6 Å². The van der Waals surface area contributed by atoms with Gasteiger partial charge in [-0.05, 0) is 36.8 Å². The van der Waals surface area contributed by atoms with E-state index in [1.54, 1.807) is 10.6 Å². The van der Waals surface area contributed by atoms with E-state index in [-0.39, 0.29) is 5.82 Å². The lowest BCUT2D eigenvalue weighted by atomic mass is 10.2. The van der Waals surface area contributed by atoms with Gasteiger partial charge in [-0.1, -0.05) is 18.2 Å². The third-order valence-electron chi connectivity index (χ3n) is 2.89. The van der Waals surface area contributed by atoms with Gasteiger partial charge in [0.25, 0.3) is 0 Å². The van der Waals surface area contributed by atoms with Crippen LogP contribution in [-0.2, 0) is 6.54 Å². The molecule has 0 spiro atoms. The van der Waals surface area contributed by atoms with Gasteiger partial charge in [0.15, 0.2) is 5.65 Å². The van der Waals surface area contributed by atoms with Crippen LogP contribution in [0.1, 0.15) is 11.3 Å². The minimum absolute atomic E-state index is 0.238. The Morgan fingerprint density at radius 1 is 1.21 bits per heavy atom. The third kappa shape index (κ3) is 2.40. The van der Waals surface area contributed by atoms with Crippen LogP contribution in [0, 0.1) is 12.7 Å². The lowest BCUT2D eigenvalue weighted by molar-refractivity contribution is 0.626. The molecular formula is C14H13FN4. The molecule has 0 bridgehead atoms. The highest BCUT2D eigenvalue weighted by Crippen LogP contribution is 2.10. The monoisotopic (exact) mass is 256 g/mol. The zero-order valence-corrected chi connectivity index (χ0v) is 10.5. The molecule has 1 N–H and O–H groups in total. The van der Waals surface area contributed by atoms with Crippen molar-refractivity contribution in [2.24, 2.45) is 0 Å². The number of pyridine rings is 1.